The van der Waals surface area contributed by atoms with Gasteiger partial charge in [0.1, 0.15) is 7.85 Å². The van der Waals surface area contributed by atoms with Crippen molar-refractivity contribution in [3.05, 3.63) is 66.7 Å². The summed E-state index contributed by atoms with van der Waals surface area (Å²) >= 11 is 0. The zero-order chi connectivity index (χ0) is 17.8. The predicted molar refractivity (Wildman–Crippen MR) is 106 cm³/mol. The Morgan fingerprint density at radius 1 is 0.920 bits per heavy atom. The van der Waals surface area contributed by atoms with Crippen molar-refractivity contribution in [2.24, 2.45) is 5.73 Å². The van der Waals surface area contributed by atoms with E-state index < -0.39 is 6.09 Å². The molecule has 0 aliphatic heterocycles. The summed E-state index contributed by atoms with van der Waals surface area (Å²) < 4.78 is 4.18. The molecular weight excluding hydrogens is 309 g/mol. The van der Waals surface area contributed by atoms with Crippen LogP contribution in [0.3, 0.4) is 0 Å². The second-order valence-electron chi connectivity index (χ2n) is 5.68. The molecule has 3 nitrogen and oxygen atoms in total. The molecule has 4 aromatic carbocycles. The molecule has 0 spiro atoms. The van der Waals surface area contributed by atoms with Gasteiger partial charge in [0.05, 0.1) is 6.61 Å². The summed E-state index contributed by atoms with van der Waals surface area (Å²) in [7, 11) is 6.17. The Morgan fingerprint density at radius 3 is 2.20 bits per heavy atom. The van der Waals surface area contributed by atoms with Crippen molar-refractivity contribution in [2.45, 2.75) is 6.92 Å². The lowest BCUT2D eigenvalue weighted by atomic mass is 9.87. The van der Waals surface area contributed by atoms with Crippen LogP contribution in [-0.4, -0.2) is 20.5 Å². The second-order valence-corrected chi connectivity index (χ2v) is 5.68. The number of hydrogen-bond acceptors (Lipinski definition) is 2. The minimum Gasteiger partial charge on any atom is -0.450 e. The lowest BCUT2D eigenvalue weighted by Gasteiger charge is -2.09. The van der Waals surface area contributed by atoms with Gasteiger partial charge >= 0.3 is 6.09 Å². The van der Waals surface area contributed by atoms with Crippen molar-refractivity contribution in [2.75, 3.05) is 6.61 Å². The van der Waals surface area contributed by atoms with Gasteiger partial charge in [-0.3, -0.25) is 0 Å². The van der Waals surface area contributed by atoms with Crippen molar-refractivity contribution in [3.63, 3.8) is 0 Å². The van der Waals surface area contributed by atoms with Gasteiger partial charge in [0.25, 0.3) is 0 Å². The van der Waals surface area contributed by atoms with Gasteiger partial charge in [-0.25, -0.2) is 4.79 Å². The highest BCUT2D eigenvalue weighted by atomic mass is 16.5. The summed E-state index contributed by atoms with van der Waals surface area (Å²) in [4.78, 5) is 9.60. The number of hydrogen-bond donors (Lipinski definition) is 1. The van der Waals surface area contributed by atoms with E-state index in [1.165, 1.54) is 26.9 Å². The summed E-state index contributed by atoms with van der Waals surface area (Å²) in [6.45, 7) is 2.06. The van der Waals surface area contributed by atoms with Gasteiger partial charge in [-0.05, 0) is 51.4 Å². The Bertz CT molecular complexity index is 1060. The Morgan fingerprint density at radius 2 is 1.56 bits per heavy atom. The number of primary amides is 1. The third-order valence-electron chi connectivity index (χ3n) is 4.05. The molecule has 25 heavy (non-hydrogen) atoms. The van der Waals surface area contributed by atoms with E-state index in [2.05, 4.69) is 65.1 Å². The molecule has 122 valence electrons. The van der Waals surface area contributed by atoms with Crippen LogP contribution in [0.4, 0.5) is 4.79 Å². The minimum absolute atomic E-state index is 0.356. The van der Waals surface area contributed by atoms with Crippen molar-refractivity contribution < 1.29 is 9.53 Å². The second kappa shape index (κ2) is 7.26. The Hall–Kier alpha value is -3.01. The fourth-order valence-electron chi connectivity index (χ4n) is 2.97. The number of fused-ring (bicyclic) bond motifs is 4. The fraction of sp³-hybridized carbons (Fsp3) is 0.0952. The highest BCUT2D eigenvalue weighted by Crippen LogP contribution is 2.28. The van der Waals surface area contributed by atoms with E-state index in [0.29, 0.717) is 6.61 Å². The van der Waals surface area contributed by atoms with Crippen LogP contribution in [0.25, 0.3) is 32.3 Å². The molecule has 0 aliphatic carbocycles. The molecule has 0 fully saturated rings. The Kier molecular flexibility index (Phi) is 4.89. The molecule has 0 bridgehead atoms. The number of carbonyl (C=O) groups is 1. The molecule has 0 heterocycles. The maximum atomic E-state index is 9.60. The average molecular weight is 327 g/mol. The van der Waals surface area contributed by atoms with Crippen LogP contribution in [0, 0.1) is 0 Å². The summed E-state index contributed by atoms with van der Waals surface area (Å²) in [6.07, 6.45) is -0.711. The van der Waals surface area contributed by atoms with Crippen LogP contribution < -0.4 is 11.2 Å². The van der Waals surface area contributed by atoms with Crippen molar-refractivity contribution in [3.8, 4) is 0 Å². The van der Waals surface area contributed by atoms with E-state index in [0.717, 1.165) is 10.8 Å². The van der Waals surface area contributed by atoms with Gasteiger partial charge in [0.15, 0.2) is 0 Å². The van der Waals surface area contributed by atoms with E-state index in [-0.39, 0.29) is 0 Å². The number of ether oxygens (including phenoxy) is 1. The summed E-state index contributed by atoms with van der Waals surface area (Å²) in [5, 5.41) is 7.35. The highest BCUT2D eigenvalue weighted by molar-refractivity contribution is 6.41. The van der Waals surface area contributed by atoms with E-state index >= 15 is 0 Å². The largest absolute Gasteiger partial charge is 0.450 e. The SMILES string of the molecule is CCOC(N)=O.[B]c1cccc2ccc3cc4ccccc4cc3c12. The predicted octanol–water partition coefficient (Wildman–Crippen LogP) is 4.04. The fourth-order valence-corrected chi connectivity index (χ4v) is 2.97. The zero-order valence-corrected chi connectivity index (χ0v) is 14.0. The van der Waals surface area contributed by atoms with Crippen LogP contribution in [0.2, 0.25) is 0 Å². The Labute approximate surface area is 147 Å². The first kappa shape index (κ1) is 16.8. The topological polar surface area (TPSA) is 52.3 Å². The number of benzene rings is 4. The average Bonchev–Trinajstić information content (AvgIpc) is 2.60. The van der Waals surface area contributed by atoms with Crippen molar-refractivity contribution in [1.82, 2.24) is 0 Å². The first-order chi connectivity index (χ1) is 12.1. The van der Waals surface area contributed by atoms with Gasteiger partial charge in [-0.2, -0.15) is 0 Å². The van der Waals surface area contributed by atoms with Crippen LogP contribution in [0.15, 0.2) is 66.7 Å². The lowest BCUT2D eigenvalue weighted by Crippen LogP contribution is -2.11. The molecule has 4 heteroatoms. The van der Waals surface area contributed by atoms with E-state index in [1.807, 2.05) is 12.1 Å². The zero-order valence-electron chi connectivity index (χ0n) is 14.0. The van der Waals surface area contributed by atoms with Crippen LogP contribution in [-0.2, 0) is 4.74 Å². The molecule has 0 atom stereocenters. The summed E-state index contributed by atoms with van der Waals surface area (Å²) in [5.74, 6) is 0. The molecule has 4 aromatic rings. The van der Waals surface area contributed by atoms with Crippen LogP contribution >= 0.6 is 0 Å². The first-order valence-electron chi connectivity index (χ1n) is 8.12. The van der Waals surface area contributed by atoms with E-state index in [4.69, 9.17) is 7.85 Å². The van der Waals surface area contributed by atoms with Gasteiger partial charge < -0.3 is 10.5 Å². The maximum absolute atomic E-state index is 9.60. The minimum atomic E-state index is -0.711. The standard InChI is InChI=1S/C18H11B.C3H7NO2/c19-17-7-3-6-12-8-9-15-10-13-4-1-2-5-14(13)11-16(15)18(12)17;1-2-6-3(4)5/h1-11H;2H2,1H3,(H2,4,5). The van der Waals surface area contributed by atoms with Crippen molar-refractivity contribution in [1.29, 1.82) is 0 Å². The van der Waals surface area contributed by atoms with E-state index in [9.17, 15) is 4.79 Å². The first-order valence-corrected chi connectivity index (χ1v) is 8.12. The van der Waals surface area contributed by atoms with Gasteiger partial charge in [-0.15, -0.1) is 0 Å². The van der Waals surface area contributed by atoms with Crippen LogP contribution in [0.5, 0.6) is 0 Å². The molecule has 0 saturated heterocycles. The molecule has 0 unspecified atom stereocenters. The third kappa shape index (κ3) is 3.58. The highest BCUT2D eigenvalue weighted by Gasteiger charge is 2.04. The molecule has 2 radical (unpaired) electrons. The Balaban J connectivity index is 0.000000265. The third-order valence-corrected chi connectivity index (χ3v) is 4.05. The summed E-state index contributed by atoms with van der Waals surface area (Å²) in [5.41, 5.74) is 5.39. The van der Waals surface area contributed by atoms with Crippen molar-refractivity contribution >= 4 is 51.7 Å². The molecule has 0 saturated carbocycles. The number of nitrogens with two attached hydrogens (primary N) is 1. The van der Waals surface area contributed by atoms with Gasteiger partial charge in [0, 0.05) is 0 Å². The normalized spacial score (nSPS) is 10.4. The molecule has 2 N–H and O–H groups in total. The number of carbonyl (C=O) groups excluding carboxylic acids is 1. The summed E-state index contributed by atoms with van der Waals surface area (Å²) in [6, 6.07) is 23.3. The van der Waals surface area contributed by atoms with Gasteiger partial charge in [0.2, 0.25) is 0 Å². The smallest absolute Gasteiger partial charge is 0.404 e. The lowest BCUT2D eigenvalue weighted by molar-refractivity contribution is 0.163. The number of rotatable bonds is 1. The van der Waals surface area contributed by atoms with E-state index in [1.54, 1.807) is 6.92 Å². The van der Waals surface area contributed by atoms with Gasteiger partial charge in [-0.1, -0.05) is 60.1 Å². The monoisotopic (exact) mass is 327 g/mol. The maximum Gasteiger partial charge on any atom is 0.404 e. The quantitative estimate of drug-likeness (QED) is 0.326. The molecule has 1 amide bonds. The molecular formula is C21H18BNO2. The molecule has 0 aliphatic rings. The molecule has 4 rings (SSSR count). The van der Waals surface area contributed by atoms with Crippen LogP contribution in [0.1, 0.15) is 6.92 Å². The number of amides is 1. The molecule has 0 aromatic heterocycles.